The number of rotatable bonds is 18. The Bertz CT molecular complexity index is 1620. The highest BCUT2D eigenvalue weighted by Crippen LogP contribution is 2.34. The number of pyridine rings is 1. The number of hydrogen-bond acceptors (Lipinski definition) is 9. The number of phenolic OH excluding ortho intramolecular Hbond substituents is 1. The number of fused-ring (bicyclic) bond motifs is 1. The van der Waals surface area contributed by atoms with E-state index in [9.17, 15) is 24.9 Å². The number of aromatic hydroxyl groups is 1. The maximum atomic E-state index is 13.2. The van der Waals surface area contributed by atoms with E-state index in [1.807, 2.05) is 29.6 Å². The number of esters is 1. The lowest BCUT2D eigenvalue weighted by Crippen LogP contribution is -2.40. The number of phenols is 1. The van der Waals surface area contributed by atoms with E-state index in [2.05, 4.69) is 15.2 Å². The monoisotopic (exact) mass is 675 g/mol. The first-order chi connectivity index (χ1) is 23.4. The number of carbonyl (C=O) groups is 1. The lowest BCUT2D eigenvalue weighted by atomic mass is 9.92. The fraction of sp³-hybridized carbons (Fsp3) is 0.474. The van der Waals surface area contributed by atoms with Crippen molar-refractivity contribution in [1.82, 2.24) is 15.2 Å². The summed E-state index contributed by atoms with van der Waals surface area (Å²) in [5.74, 6) is -0.298. The molecule has 0 bridgehead atoms. The van der Waals surface area contributed by atoms with Crippen LogP contribution < -0.4 is 10.9 Å². The Balaban J connectivity index is 0.888. The molecule has 3 heterocycles. The lowest BCUT2D eigenvalue weighted by molar-refractivity contribution is -0.163. The minimum absolute atomic E-state index is 0.00568. The van der Waals surface area contributed by atoms with Crippen LogP contribution in [0.15, 0.2) is 76.9 Å². The topological polar surface area (TPSA) is 135 Å². The van der Waals surface area contributed by atoms with Crippen LogP contribution in [0.4, 0.5) is 0 Å². The van der Waals surface area contributed by atoms with E-state index in [-0.39, 0.29) is 11.3 Å². The molecule has 5 N–H and O–H groups in total. The standard InChI is InChI=1S/C38H49N3O6S/c42-32-17-15-30(31-16-18-35(44)40-36(31)32)33(43)26-39-21-9-4-2-1-3-5-10-22-41-23-19-28(20-24-41)27-47-37(45)38(46,34-14-11-25-48-34)29-12-7-6-8-13-29/h6-8,11-18,25,28,33,39,42-43,46H,1-5,9-10,19-24,26-27H2,(H,40,44)/t33-,38?/m0/s1. The summed E-state index contributed by atoms with van der Waals surface area (Å²) in [6, 6.07) is 18.9. The number of piperidine rings is 1. The molecule has 2 aromatic heterocycles. The van der Waals surface area contributed by atoms with Gasteiger partial charge < -0.3 is 35.3 Å². The molecule has 0 spiro atoms. The second-order valence-corrected chi connectivity index (χ2v) is 13.9. The fourth-order valence-corrected chi connectivity index (χ4v) is 7.40. The van der Waals surface area contributed by atoms with E-state index in [1.54, 1.807) is 30.3 Å². The Labute approximate surface area is 286 Å². The second-order valence-electron chi connectivity index (χ2n) is 12.9. The van der Waals surface area contributed by atoms with Crippen LogP contribution in [-0.2, 0) is 15.1 Å². The molecule has 48 heavy (non-hydrogen) atoms. The number of thiophene rings is 1. The van der Waals surface area contributed by atoms with Crippen molar-refractivity contribution in [3.05, 3.63) is 98.5 Å². The lowest BCUT2D eigenvalue weighted by Gasteiger charge is -2.32. The van der Waals surface area contributed by atoms with Crippen molar-refractivity contribution in [3.63, 3.8) is 0 Å². The number of hydrogen-bond donors (Lipinski definition) is 5. The third kappa shape index (κ3) is 9.33. The van der Waals surface area contributed by atoms with Gasteiger partial charge in [-0.2, -0.15) is 0 Å². The van der Waals surface area contributed by atoms with Gasteiger partial charge in [-0.05, 0) is 86.9 Å². The molecule has 2 aromatic carbocycles. The first kappa shape index (κ1) is 35.8. The molecule has 5 rings (SSSR count). The van der Waals surface area contributed by atoms with Crippen molar-refractivity contribution in [1.29, 1.82) is 0 Å². The van der Waals surface area contributed by atoms with Crippen molar-refractivity contribution in [2.45, 2.75) is 69.5 Å². The zero-order valence-electron chi connectivity index (χ0n) is 27.6. The van der Waals surface area contributed by atoms with Gasteiger partial charge >= 0.3 is 5.97 Å². The summed E-state index contributed by atoms with van der Waals surface area (Å²) in [5, 5.41) is 38.1. The van der Waals surface area contributed by atoms with E-state index < -0.39 is 17.7 Å². The molecule has 1 aliphatic rings. The quantitative estimate of drug-likeness (QED) is 0.0656. The molecule has 0 amide bonds. The third-order valence-corrected chi connectivity index (χ3v) is 10.4. The number of carbonyl (C=O) groups excluding carboxylic acids is 1. The SMILES string of the molecule is O=C(OCC1CCN(CCCCCCCCCNC[C@H](O)c2ccc(O)c3[nH]c(=O)ccc23)CC1)C(O)(c1ccccc1)c1cccs1. The number of nitrogens with one attached hydrogen (secondary N) is 2. The van der Waals surface area contributed by atoms with Crippen LogP contribution in [0.3, 0.4) is 0 Å². The van der Waals surface area contributed by atoms with Gasteiger partial charge in [-0.25, -0.2) is 4.79 Å². The maximum absolute atomic E-state index is 13.2. The van der Waals surface area contributed by atoms with Gasteiger partial charge in [-0.3, -0.25) is 4.79 Å². The summed E-state index contributed by atoms with van der Waals surface area (Å²) >= 11 is 1.35. The average molecular weight is 676 g/mol. The molecule has 2 atom stereocenters. The van der Waals surface area contributed by atoms with Crippen LogP contribution in [0.1, 0.15) is 79.9 Å². The van der Waals surface area contributed by atoms with Crippen molar-refractivity contribution >= 4 is 28.2 Å². The van der Waals surface area contributed by atoms with E-state index in [0.29, 0.717) is 46.0 Å². The molecular formula is C38H49N3O6S. The number of nitrogens with zero attached hydrogens (tertiary/aromatic N) is 1. The second kappa shape index (κ2) is 17.7. The Morgan fingerprint density at radius 3 is 2.42 bits per heavy atom. The molecule has 10 heteroatoms. The third-order valence-electron chi connectivity index (χ3n) is 9.45. The number of likely N-dealkylation sites (tertiary alicyclic amines) is 1. The maximum Gasteiger partial charge on any atom is 0.348 e. The highest BCUT2D eigenvalue weighted by atomic mass is 32.1. The molecule has 9 nitrogen and oxygen atoms in total. The molecule has 0 aliphatic carbocycles. The first-order valence-electron chi connectivity index (χ1n) is 17.3. The number of benzene rings is 2. The van der Waals surface area contributed by atoms with Crippen molar-refractivity contribution in [2.75, 3.05) is 39.3 Å². The van der Waals surface area contributed by atoms with Crippen LogP contribution in [0.25, 0.3) is 10.9 Å². The molecular weight excluding hydrogens is 627 g/mol. The van der Waals surface area contributed by atoms with Crippen molar-refractivity contribution in [3.8, 4) is 5.75 Å². The van der Waals surface area contributed by atoms with Gasteiger partial charge in [0, 0.05) is 23.6 Å². The van der Waals surface area contributed by atoms with Crippen molar-refractivity contribution < 1.29 is 24.9 Å². The van der Waals surface area contributed by atoms with Gasteiger partial charge in [-0.1, -0.05) is 74.6 Å². The van der Waals surface area contributed by atoms with Gasteiger partial charge in [0.2, 0.25) is 11.2 Å². The van der Waals surface area contributed by atoms with Crippen LogP contribution in [0, 0.1) is 5.92 Å². The highest BCUT2D eigenvalue weighted by molar-refractivity contribution is 7.10. The van der Waals surface area contributed by atoms with Gasteiger partial charge in [-0.15, -0.1) is 11.3 Å². The van der Waals surface area contributed by atoms with E-state index in [4.69, 9.17) is 4.74 Å². The number of aliphatic hydroxyl groups excluding tert-OH is 1. The molecule has 1 aliphatic heterocycles. The summed E-state index contributed by atoms with van der Waals surface area (Å²) in [6.07, 6.45) is 9.57. The first-order valence-corrected chi connectivity index (χ1v) is 18.2. The molecule has 1 saturated heterocycles. The van der Waals surface area contributed by atoms with E-state index >= 15 is 0 Å². The summed E-state index contributed by atoms with van der Waals surface area (Å²) < 4.78 is 5.74. The highest BCUT2D eigenvalue weighted by Gasteiger charge is 2.43. The number of aromatic nitrogens is 1. The smallest absolute Gasteiger partial charge is 0.348 e. The zero-order valence-corrected chi connectivity index (χ0v) is 28.4. The number of aliphatic hydroxyl groups is 2. The summed E-state index contributed by atoms with van der Waals surface area (Å²) in [4.78, 5) is 30.6. The molecule has 4 aromatic rings. The van der Waals surface area contributed by atoms with Gasteiger partial charge in [0.25, 0.3) is 0 Å². The Morgan fingerprint density at radius 1 is 0.958 bits per heavy atom. The minimum atomic E-state index is -1.78. The number of ether oxygens (including phenoxy) is 1. The predicted molar refractivity (Wildman–Crippen MR) is 190 cm³/mol. The fourth-order valence-electron chi connectivity index (χ4n) is 6.57. The Kier molecular flexibility index (Phi) is 13.2. The van der Waals surface area contributed by atoms with Crippen LogP contribution >= 0.6 is 11.3 Å². The summed E-state index contributed by atoms with van der Waals surface area (Å²) in [7, 11) is 0. The van der Waals surface area contributed by atoms with Crippen LogP contribution in [0.5, 0.6) is 5.75 Å². The van der Waals surface area contributed by atoms with Crippen LogP contribution in [0.2, 0.25) is 0 Å². The number of H-pyrrole nitrogens is 1. The predicted octanol–water partition coefficient (Wildman–Crippen LogP) is 5.84. The number of unbranched alkanes of at least 4 members (excludes halogenated alkanes) is 6. The normalized spacial score (nSPS) is 16.1. The average Bonchev–Trinajstić information content (AvgIpc) is 3.66. The number of aromatic amines is 1. The molecule has 258 valence electrons. The minimum Gasteiger partial charge on any atom is -0.506 e. The van der Waals surface area contributed by atoms with E-state index in [0.717, 1.165) is 51.9 Å². The summed E-state index contributed by atoms with van der Waals surface area (Å²) in [6.45, 7) is 4.72. The molecule has 0 radical (unpaired) electrons. The Hall–Kier alpha value is -3.54. The summed E-state index contributed by atoms with van der Waals surface area (Å²) in [5.41, 5.74) is -0.517. The largest absolute Gasteiger partial charge is 0.506 e. The molecule has 0 saturated carbocycles. The van der Waals surface area contributed by atoms with Crippen molar-refractivity contribution in [2.24, 2.45) is 5.92 Å². The Morgan fingerprint density at radius 2 is 1.69 bits per heavy atom. The van der Waals surface area contributed by atoms with Gasteiger partial charge in [0.15, 0.2) is 0 Å². The van der Waals surface area contributed by atoms with Crippen LogP contribution in [-0.4, -0.2) is 70.5 Å². The molecule has 1 unspecified atom stereocenters. The zero-order chi connectivity index (χ0) is 33.8. The van der Waals surface area contributed by atoms with E-state index in [1.165, 1.54) is 55.6 Å². The van der Waals surface area contributed by atoms with Gasteiger partial charge in [0.05, 0.1) is 23.1 Å². The molecule has 1 fully saturated rings. The van der Waals surface area contributed by atoms with Gasteiger partial charge in [0.1, 0.15) is 5.75 Å².